The van der Waals surface area contributed by atoms with Gasteiger partial charge in [0, 0.05) is 0 Å². The molecule has 0 amide bonds. The second-order valence-electron chi connectivity index (χ2n) is 3.36. The fourth-order valence-electron chi connectivity index (χ4n) is 1.28. The first-order valence-corrected chi connectivity index (χ1v) is 14.8. The Kier molecular flexibility index (Phi) is 5.54. The van der Waals surface area contributed by atoms with Gasteiger partial charge < -0.3 is 0 Å². The predicted octanol–water partition coefficient (Wildman–Crippen LogP) is 4.19. The number of hydrogen-bond donors (Lipinski definition) is 0. The van der Waals surface area contributed by atoms with Gasteiger partial charge in [0.25, 0.3) is 0 Å². The average Bonchev–Trinajstić information content (AvgIpc) is 2.41. The van der Waals surface area contributed by atoms with Gasteiger partial charge in [0.2, 0.25) is 0 Å². The molecule has 0 N–H and O–H groups in total. The predicted molar refractivity (Wildman–Crippen MR) is 81.8 cm³/mol. The van der Waals surface area contributed by atoms with Crippen LogP contribution in [0.2, 0.25) is 0 Å². The van der Waals surface area contributed by atoms with Crippen LogP contribution in [0.15, 0.2) is 60.7 Å². The fraction of sp³-hybridized carbons (Fsp3) is 0. The third-order valence-electron chi connectivity index (χ3n) is 2.05. The van der Waals surface area contributed by atoms with E-state index in [4.69, 9.17) is 20.9 Å². The van der Waals surface area contributed by atoms with Crippen molar-refractivity contribution >= 4 is 49.7 Å². The van der Waals surface area contributed by atoms with Gasteiger partial charge in [-0.05, 0) is 0 Å². The van der Waals surface area contributed by atoms with Gasteiger partial charge in [0.15, 0.2) is 0 Å². The molecule has 0 saturated heterocycles. The molecule has 0 aliphatic carbocycles. The van der Waals surface area contributed by atoms with Crippen molar-refractivity contribution in [2.45, 2.75) is 0 Å². The Morgan fingerprint density at radius 3 is 1.56 bits per heavy atom. The SMILES string of the molecule is S=P(Oc1ccccc1)(Oc1ccccc1)[S][Tl]. The normalized spacial score (nSPS) is 10.8. The van der Waals surface area contributed by atoms with Gasteiger partial charge in [-0.2, -0.15) is 0 Å². The molecular weight excluding hydrogens is 476 g/mol. The number of benzene rings is 2. The molecule has 0 aliphatic heterocycles. The summed E-state index contributed by atoms with van der Waals surface area (Å²) >= 11 is 6.21. The van der Waals surface area contributed by atoms with Gasteiger partial charge >= 0.3 is 131 Å². The topological polar surface area (TPSA) is 18.5 Å². The molecule has 6 heteroatoms. The van der Waals surface area contributed by atoms with Gasteiger partial charge in [-0.3, -0.25) is 0 Å². The van der Waals surface area contributed by atoms with Gasteiger partial charge in [0.05, 0.1) is 0 Å². The van der Waals surface area contributed by atoms with Gasteiger partial charge in [-0.25, -0.2) is 0 Å². The monoisotopic (exact) mass is 486 g/mol. The van der Waals surface area contributed by atoms with Crippen LogP contribution < -0.4 is 9.05 Å². The molecule has 0 unspecified atom stereocenters. The van der Waals surface area contributed by atoms with Crippen LogP contribution in [0, 0.1) is 0 Å². The zero-order valence-corrected chi connectivity index (χ0v) is 16.4. The van der Waals surface area contributed by atoms with E-state index in [1.165, 1.54) is 0 Å². The van der Waals surface area contributed by atoms with Crippen molar-refractivity contribution in [3.8, 4) is 11.5 Å². The van der Waals surface area contributed by atoms with Crippen molar-refractivity contribution in [1.82, 2.24) is 0 Å². The second-order valence-corrected chi connectivity index (χ2v) is 16.4. The first-order chi connectivity index (χ1) is 8.72. The van der Waals surface area contributed by atoms with Crippen LogP contribution in [0.5, 0.6) is 11.5 Å². The zero-order chi connectivity index (χ0) is 12.8. The van der Waals surface area contributed by atoms with Gasteiger partial charge in [0.1, 0.15) is 0 Å². The molecule has 0 saturated carbocycles. The summed E-state index contributed by atoms with van der Waals surface area (Å²) in [5.41, 5.74) is -2.32. The van der Waals surface area contributed by atoms with Crippen LogP contribution in [0.1, 0.15) is 0 Å². The Labute approximate surface area is 130 Å². The summed E-state index contributed by atoms with van der Waals surface area (Å²) < 4.78 is 11.7. The van der Waals surface area contributed by atoms with E-state index in [9.17, 15) is 0 Å². The molecule has 0 aromatic heterocycles. The fourth-order valence-corrected chi connectivity index (χ4v) is 6.47. The summed E-state index contributed by atoms with van der Waals surface area (Å²) in [4.78, 5) is 0. The van der Waals surface area contributed by atoms with Gasteiger partial charge in [-0.1, -0.05) is 0 Å². The summed E-state index contributed by atoms with van der Waals surface area (Å²) in [6.07, 6.45) is 0. The molecule has 0 aliphatic rings. The summed E-state index contributed by atoms with van der Waals surface area (Å²) in [5.74, 6) is 1.54. The number of hydrogen-bond acceptors (Lipinski definition) is 4. The summed E-state index contributed by atoms with van der Waals surface area (Å²) in [7, 11) is 1.61. The minimum absolute atomic E-state index is 0.674. The van der Waals surface area contributed by atoms with E-state index in [1.54, 1.807) is 7.93 Å². The molecular formula is C12H10O2PS2Tl. The van der Waals surface area contributed by atoms with Crippen molar-refractivity contribution < 1.29 is 9.05 Å². The second kappa shape index (κ2) is 6.94. The quantitative estimate of drug-likeness (QED) is 0.467. The van der Waals surface area contributed by atoms with Crippen LogP contribution in [0.4, 0.5) is 0 Å². The molecule has 0 atom stereocenters. The van der Waals surface area contributed by atoms with Crippen molar-refractivity contribution in [2.24, 2.45) is 0 Å². The standard InChI is InChI=1S/C12H11O2PS2.Tl/c16-15(17,13-11-7-3-1-4-8-11)14-12-9-5-2-6-10-12;/h1-10H,(H,16,17);/q;+1/p-1. The Hall–Kier alpha value is -0.0379. The molecule has 2 nitrogen and oxygen atoms in total. The van der Waals surface area contributed by atoms with Crippen LogP contribution in [0.25, 0.3) is 0 Å². The summed E-state index contributed by atoms with van der Waals surface area (Å²) in [6, 6.07) is 19.2. The molecule has 0 bridgehead atoms. The summed E-state index contributed by atoms with van der Waals surface area (Å²) in [6.45, 7) is 0. The third kappa shape index (κ3) is 4.26. The van der Waals surface area contributed by atoms with E-state index < -0.39 is 5.69 Å². The number of para-hydroxylation sites is 2. The van der Waals surface area contributed by atoms with E-state index in [-0.39, 0.29) is 0 Å². The number of rotatable bonds is 5. The van der Waals surface area contributed by atoms with Crippen LogP contribution in [-0.4, -0.2) is 24.3 Å². The molecule has 2 rings (SSSR count). The molecule has 0 radical (unpaired) electrons. The van der Waals surface area contributed by atoms with Gasteiger partial charge in [-0.15, -0.1) is 0 Å². The van der Waals surface area contributed by atoms with Crippen molar-refractivity contribution in [1.29, 1.82) is 0 Å². The molecule has 0 fully saturated rings. The molecule has 0 spiro atoms. The Morgan fingerprint density at radius 1 is 0.833 bits per heavy atom. The van der Waals surface area contributed by atoms with Crippen LogP contribution in [-0.2, 0) is 11.8 Å². The van der Waals surface area contributed by atoms with E-state index in [2.05, 4.69) is 0 Å². The Balaban J connectivity index is 2.14. The molecule has 18 heavy (non-hydrogen) atoms. The molecule has 2 aromatic rings. The minimum atomic E-state index is -2.32. The van der Waals surface area contributed by atoms with E-state index in [1.807, 2.05) is 60.7 Å². The zero-order valence-electron chi connectivity index (χ0n) is 9.43. The van der Waals surface area contributed by atoms with Crippen LogP contribution in [0.3, 0.4) is 0 Å². The van der Waals surface area contributed by atoms with E-state index in [0.717, 1.165) is 11.5 Å². The Morgan fingerprint density at radius 2 is 1.22 bits per heavy atom. The van der Waals surface area contributed by atoms with Crippen molar-refractivity contribution in [3.05, 3.63) is 60.7 Å². The third-order valence-corrected chi connectivity index (χ3v) is 20.7. The van der Waals surface area contributed by atoms with Crippen molar-refractivity contribution in [2.75, 3.05) is 0 Å². The first kappa shape index (κ1) is 14.4. The average molecular weight is 486 g/mol. The van der Waals surface area contributed by atoms with E-state index in [0.29, 0.717) is 24.3 Å². The Bertz CT molecular complexity index is 491. The molecule has 90 valence electrons. The molecule has 2 aromatic carbocycles. The summed E-state index contributed by atoms with van der Waals surface area (Å²) in [5, 5.41) is 0. The molecule has 0 heterocycles. The van der Waals surface area contributed by atoms with E-state index >= 15 is 0 Å². The van der Waals surface area contributed by atoms with Crippen LogP contribution >= 0.6 is 13.6 Å². The first-order valence-electron chi connectivity index (χ1n) is 5.20. The maximum absolute atomic E-state index is 5.86. The maximum atomic E-state index is 5.86. The van der Waals surface area contributed by atoms with Crippen molar-refractivity contribution in [3.63, 3.8) is 0 Å².